The second-order valence-corrected chi connectivity index (χ2v) is 9.19. The SMILES string of the molecule is O=C1c2ccccc2NC(c2cccc(Oc3cccc(C(F)(F)F)c3)c2)N1CCN1CCCCC1. The summed E-state index contributed by atoms with van der Waals surface area (Å²) >= 11 is 0. The summed E-state index contributed by atoms with van der Waals surface area (Å²) in [6, 6.07) is 19.4. The molecule has 0 radical (unpaired) electrons. The number of anilines is 1. The zero-order chi connectivity index (χ0) is 25.1. The highest BCUT2D eigenvalue weighted by Gasteiger charge is 2.33. The Labute approximate surface area is 208 Å². The van der Waals surface area contributed by atoms with E-state index in [-0.39, 0.29) is 11.7 Å². The molecule has 5 rings (SSSR count). The van der Waals surface area contributed by atoms with Gasteiger partial charge in [-0.05, 0) is 74.0 Å². The van der Waals surface area contributed by atoms with Crippen LogP contribution in [0.5, 0.6) is 11.5 Å². The van der Waals surface area contributed by atoms with Crippen LogP contribution in [0, 0.1) is 0 Å². The van der Waals surface area contributed by atoms with Gasteiger partial charge in [0.25, 0.3) is 5.91 Å². The fourth-order valence-electron chi connectivity index (χ4n) is 4.84. The number of carbonyl (C=O) groups is 1. The lowest BCUT2D eigenvalue weighted by atomic mass is 10.0. The summed E-state index contributed by atoms with van der Waals surface area (Å²) in [5.41, 5.74) is 1.41. The number of para-hydroxylation sites is 1. The fraction of sp³-hybridized carbons (Fsp3) is 0.321. The molecule has 3 aromatic carbocycles. The maximum absolute atomic E-state index is 13.5. The summed E-state index contributed by atoms with van der Waals surface area (Å²) < 4.78 is 45.1. The molecule has 0 aliphatic carbocycles. The first-order chi connectivity index (χ1) is 17.4. The molecule has 2 aliphatic rings. The molecule has 2 aliphatic heterocycles. The minimum absolute atomic E-state index is 0.0458. The molecule has 1 atom stereocenters. The lowest BCUT2D eigenvalue weighted by Gasteiger charge is -2.39. The molecule has 0 saturated carbocycles. The Morgan fingerprint density at radius 1 is 0.861 bits per heavy atom. The number of nitrogens with one attached hydrogen (secondary N) is 1. The average Bonchev–Trinajstić information content (AvgIpc) is 2.88. The van der Waals surface area contributed by atoms with E-state index in [2.05, 4.69) is 10.2 Å². The number of carbonyl (C=O) groups excluding carboxylic acids is 1. The molecule has 1 amide bonds. The van der Waals surface area contributed by atoms with Crippen molar-refractivity contribution in [2.24, 2.45) is 0 Å². The van der Waals surface area contributed by atoms with Gasteiger partial charge >= 0.3 is 6.18 Å². The van der Waals surface area contributed by atoms with Gasteiger partial charge in [0.15, 0.2) is 0 Å². The van der Waals surface area contributed by atoms with Crippen molar-refractivity contribution in [3.05, 3.63) is 89.5 Å². The third kappa shape index (κ3) is 5.33. The third-order valence-electron chi connectivity index (χ3n) is 6.70. The molecule has 1 fully saturated rings. The van der Waals surface area contributed by atoms with Gasteiger partial charge < -0.3 is 19.9 Å². The summed E-state index contributed by atoms with van der Waals surface area (Å²) in [6.45, 7) is 3.42. The van der Waals surface area contributed by atoms with Gasteiger partial charge in [-0.25, -0.2) is 0 Å². The highest BCUT2D eigenvalue weighted by molar-refractivity contribution is 6.01. The fourth-order valence-corrected chi connectivity index (χ4v) is 4.84. The van der Waals surface area contributed by atoms with Crippen molar-refractivity contribution in [1.82, 2.24) is 9.80 Å². The molecule has 5 nitrogen and oxygen atoms in total. The second-order valence-electron chi connectivity index (χ2n) is 9.19. The van der Waals surface area contributed by atoms with Crippen LogP contribution in [-0.2, 0) is 6.18 Å². The topological polar surface area (TPSA) is 44.8 Å². The van der Waals surface area contributed by atoms with Crippen LogP contribution < -0.4 is 10.1 Å². The first-order valence-electron chi connectivity index (χ1n) is 12.2. The molecule has 188 valence electrons. The maximum atomic E-state index is 13.5. The molecule has 0 spiro atoms. The highest BCUT2D eigenvalue weighted by atomic mass is 19.4. The minimum Gasteiger partial charge on any atom is -0.457 e. The van der Waals surface area contributed by atoms with Crippen LogP contribution in [0.25, 0.3) is 0 Å². The summed E-state index contributed by atoms with van der Waals surface area (Å²) in [6.07, 6.45) is -1.28. The Bertz CT molecular complexity index is 1220. The van der Waals surface area contributed by atoms with E-state index >= 15 is 0 Å². The van der Waals surface area contributed by atoms with Gasteiger partial charge in [0.05, 0.1) is 11.1 Å². The number of amides is 1. The van der Waals surface area contributed by atoms with Gasteiger partial charge in [0.1, 0.15) is 17.7 Å². The van der Waals surface area contributed by atoms with Crippen molar-refractivity contribution in [3.8, 4) is 11.5 Å². The molecule has 3 aromatic rings. The summed E-state index contributed by atoms with van der Waals surface area (Å²) in [4.78, 5) is 17.7. The van der Waals surface area contributed by atoms with Crippen molar-refractivity contribution in [2.75, 3.05) is 31.5 Å². The number of benzene rings is 3. The second kappa shape index (κ2) is 10.2. The number of ether oxygens (including phenoxy) is 1. The van der Waals surface area contributed by atoms with E-state index in [1.165, 1.54) is 31.4 Å². The molecule has 1 saturated heterocycles. The van der Waals surface area contributed by atoms with Crippen molar-refractivity contribution >= 4 is 11.6 Å². The number of alkyl halides is 3. The zero-order valence-corrected chi connectivity index (χ0v) is 19.8. The maximum Gasteiger partial charge on any atom is 0.416 e. The first-order valence-corrected chi connectivity index (χ1v) is 12.2. The molecular weight excluding hydrogens is 467 g/mol. The smallest absolute Gasteiger partial charge is 0.416 e. The monoisotopic (exact) mass is 495 g/mol. The Kier molecular flexibility index (Phi) is 6.87. The number of hydrogen-bond acceptors (Lipinski definition) is 4. The standard InChI is InChI=1S/C28H28F3N3O2/c29-28(30,31)21-9-7-11-23(19-21)36-22-10-6-8-20(18-22)26-32-25-13-3-2-12-24(25)27(35)34(26)17-16-33-14-4-1-5-15-33/h2-3,6-13,18-19,26,32H,1,4-5,14-17H2. The molecular formula is C28H28F3N3O2. The highest BCUT2D eigenvalue weighted by Crippen LogP contribution is 2.36. The van der Waals surface area contributed by atoms with Crippen LogP contribution in [0.2, 0.25) is 0 Å². The zero-order valence-electron chi connectivity index (χ0n) is 19.8. The van der Waals surface area contributed by atoms with Gasteiger partial charge in [0, 0.05) is 18.8 Å². The van der Waals surface area contributed by atoms with Crippen LogP contribution >= 0.6 is 0 Å². The molecule has 0 bridgehead atoms. The van der Waals surface area contributed by atoms with Crippen molar-refractivity contribution in [1.29, 1.82) is 0 Å². The van der Waals surface area contributed by atoms with E-state index in [1.54, 1.807) is 18.2 Å². The first kappa shape index (κ1) is 24.2. The van der Waals surface area contributed by atoms with Crippen molar-refractivity contribution in [3.63, 3.8) is 0 Å². The quantitative estimate of drug-likeness (QED) is 0.421. The van der Waals surface area contributed by atoms with Crippen LogP contribution in [-0.4, -0.2) is 41.9 Å². The van der Waals surface area contributed by atoms with Crippen molar-refractivity contribution in [2.45, 2.75) is 31.6 Å². The van der Waals surface area contributed by atoms with Crippen molar-refractivity contribution < 1.29 is 22.7 Å². The van der Waals surface area contributed by atoms with Crippen LogP contribution in [0.4, 0.5) is 18.9 Å². The molecule has 1 unspecified atom stereocenters. The number of nitrogens with zero attached hydrogens (tertiary/aromatic N) is 2. The van der Waals surface area contributed by atoms with Gasteiger partial charge in [-0.3, -0.25) is 4.79 Å². The third-order valence-corrected chi connectivity index (χ3v) is 6.70. The Hall–Kier alpha value is -3.52. The number of halogens is 3. The Balaban J connectivity index is 1.40. The summed E-state index contributed by atoms with van der Waals surface area (Å²) in [5, 5.41) is 3.48. The van der Waals surface area contributed by atoms with E-state index in [9.17, 15) is 18.0 Å². The van der Waals surface area contributed by atoms with E-state index in [4.69, 9.17) is 4.74 Å². The van der Waals surface area contributed by atoms with Crippen LogP contribution in [0.3, 0.4) is 0 Å². The van der Waals surface area contributed by atoms with Gasteiger partial charge in [-0.15, -0.1) is 0 Å². The lowest BCUT2D eigenvalue weighted by molar-refractivity contribution is -0.137. The van der Waals surface area contributed by atoms with Gasteiger partial charge in [0.2, 0.25) is 0 Å². The van der Waals surface area contributed by atoms with E-state index in [0.717, 1.165) is 43.0 Å². The predicted molar refractivity (Wildman–Crippen MR) is 132 cm³/mol. The normalized spacial score (nSPS) is 18.5. The van der Waals surface area contributed by atoms with Gasteiger partial charge in [-0.2, -0.15) is 13.2 Å². The number of likely N-dealkylation sites (tertiary alicyclic amines) is 1. The summed E-state index contributed by atoms with van der Waals surface area (Å²) in [5.74, 6) is 0.452. The number of fused-ring (bicyclic) bond motifs is 1. The van der Waals surface area contributed by atoms with E-state index in [0.29, 0.717) is 17.9 Å². The molecule has 0 aromatic heterocycles. The number of rotatable bonds is 6. The largest absolute Gasteiger partial charge is 0.457 e. The van der Waals surface area contributed by atoms with E-state index in [1.807, 2.05) is 35.2 Å². The van der Waals surface area contributed by atoms with Crippen LogP contribution in [0.15, 0.2) is 72.8 Å². The lowest BCUT2D eigenvalue weighted by Crippen LogP contribution is -2.47. The summed E-state index contributed by atoms with van der Waals surface area (Å²) in [7, 11) is 0. The van der Waals surface area contributed by atoms with E-state index < -0.39 is 17.9 Å². The molecule has 1 N–H and O–H groups in total. The Morgan fingerprint density at radius 3 is 2.36 bits per heavy atom. The van der Waals surface area contributed by atoms with Crippen LogP contribution in [0.1, 0.15) is 46.9 Å². The molecule has 8 heteroatoms. The van der Waals surface area contributed by atoms with Gasteiger partial charge in [-0.1, -0.05) is 36.8 Å². The minimum atomic E-state index is -4.45. The predicted octanol–water partition coefficient (Wildman–Crippen LogP) is 6.55. The molecule has 2 heterocycles. The average molecular weight is 496 g/mol. The Morgan fingerprint density at radius 2 is 1.58 bits per heavy atom. The number of piperidine rings is 1. The number of hydrogen-bond donors (Lipinski definition) is 1. The molecule has 36 heavy (non-hydrogen) atoms.